The van der Waals surface area contributed by atoms with Crippen LogP contribution in [0.5, 0.6) is 0 Å². The number of anilines is 1. The van der Waals surface area contributed by atoms with Crippen molar-refractivity contribution in [2.75, 3.05) is 51.2 Å². The van der Waals surface area contributed by atoms with Gasteiger partial charge in [-0.05, 0) is 92.6 Å². The number of benzene rings is 2. The summed E-state index contributed by atoms with van der Waals surface area (Å²) in [5.74, 6) is 0.293. The van der Waals surface area contributed by atoms with Gasteiger partial charge in [0.1, 0.15) is 11.6 Å². The number of urea groups is 1. The summed E-state index contributed by atoms with van der Waals surface area (Å²) >= 11 is 0. The van der Waals surface area contributed by atoms with Crippen LogP contribution in [-0.4, -0.2) is 72.9 Å². The number of aliphatic hydroxyl groups is 1. The van der Waals surface area contributed by atoms with E-state index in [2.05, 4.69) is 20.4 Å². The summed E-state index contributed by atoms with van der Waals surface area (Å²) in [6.07, 6.45) is 4.21. The van der Waals surface area contributed by atoms with E-state index in [4.69, 9.17) is 0 Å². The zero-order valence-corrected chi connectivity index (χ0v) is 20.1. The van der Waals surface area contributed by atoms with Crippen LogP contribution in [0.25, 0.3) is 0 Å². The quantitative estimate of drug-likeness (QED) is 0.532. The van der Waals surface area contributed by atoms with Gasteiger partial charge >= 0.3 is 6.03 Å². The maximum Gasteiger partial charge on any atom is 0.319 e. The van der Waals surface area contributed by atoms with Crippen LogP contribution in [0.1, 0.15) is 24.8 Å². The highest BCUT2D eigenvalue weighted by Crippen LogP contribution is 2.25. The van der Waals surface area contributed by atoms with Crippen LogP contribution >= 0.6 is 0 Å². The molecule has 2 aliphatic rings. The van der Waals surface area contributed by atoms with Crippen LogP contribution in [0.15, 0.2) is 48.5 Å². The molecule has 0 unspecified atom stereocenters. The number of β-amino-alcohol motifs (C(OH)–C–C–N with tert-alkyl or cyclic N) is 1. The molecular weight excluding hydrogens is 450 g/mol. The van der Waals surface area contributed by atoms with Gasteiger partial charge in [0.2, 0.25) is 0 Å². The van der Waals surface area contributed by atoms with Crippen molar-refractivity contribution < 1.29 is 18.7 Å². The van der Waals surface area contributed by atoms with Crippen molar-refractivity contribution in [3.63, 3.8) is 0 Å². The Morgan fingerprint density at radius 1 is 0.943 bits per heavy atom. The SMILES string of the molecule is O=C(Nc1ccc(F)cc1)N[C@H]1CN(CCO)CC[C@H]1CN1CCC[C@@H](Cc2ccc(F)cc2)C1. The third-order valence-electron chi connectivity index (χ3n) is 7.21. The molecule has 2 aliphatic heterocycles. The van der Waals surface area contributed by atoms with E-state index in [1.54, 1.807) is 12.1 Å². The van der Waals surface area contributed by atoms with Crippen molar-refractivity contribution >= 4 is 11.7 Å². The molecule has 0 aromatic heterocycles. The lowest BCUT2D eigenvalue weighted by atomic mass is 9.87. The topological polar surface area (TPSA) is 67.8 Å². The number of carbonyl (C=O) groups is 1. The highest BCUT2D eigenvalue weighted by molar-refractivity contribution is 5.89. The van der Waals surface area contributed by atoms with Crippen molar-refractivity contribution in [2.45, 2.75) is 31.7 Å². The molecule has 2 aromatic carbocycles. The number of rotatable bonds is 8. The van der Waals surface area contributed by atoms with Crippen molar-refractivity contribution in [2.24, 2.45) is 11.8 Å². The minimum absolute atomic E-state index is 0.0479. The van der Waals surface area contributed by atoms with Crippen molar-refractivity contribution in [3.8, 4) is 0 Å². The van der Waals surface area contributed by atoms with E-state index in [9.17, 15) is 18.7 Å². The maximum absolute atomic E-state index is 13.3. The summed E-state index contributed by atoms with van der Waals surface area (Å²) in [5, 5.41) is 15.3. The summed E-state index contributed by atoms with van der Waals surface area (Å²) in [5.41, 5.74) is 1.72. The Balaban J connectivity index is 1.34. The molecule has 8 heteroatoms. The normalized spacial score (nSPS) is 23.7. The molecule has 0 bridgehead atoms. The number of piperidine rings is 2. The predicted octanol–water partition coefficient (Wildman–Crippen LogP) is 3.72. The molecule has 3 N–H and O–H groups in total. The Morgan fingerprint density at radius 3 is 2.37 bits per heavy atom. The van der Waals surface area contributed by atoms with Gasteiger partial charge in [0.05, 0.1) is 6.61 Å². The Bertz CT molecular complexity index is 941. The number of aliphatic hydroxyl groups excluding tert-OH is 1. The van der Waals surface area contributed by atoms with E-state index in [1.165, 1.54) is 36.2 Å². The Kier molecular flexibility index (Phi) is 9.06. The lowest BCUT2D eigenvalue weighted by Crippen LogP contribution is -2.56. The first-order chi connectivity index (χ1) is 17.0. The van der Waals surface area contributed by atoms with Gasteiger partial charge < -0.3 is 20.6 Å². The van der Waals surface area contributed by atoms with Crippen LogP contribution in [0, 0.1) is 23.5 Å². The van der Waals surface area contributed by atoms with E-state index in [0.29, 0.717) is 30.6 Å². The van der Waals surface area contributed by atoms with Crippen LogP contribution in [0.2, 0.25) is 0 Å². The summed E-state index contributed by atoms with van der Waals surface area (Å²) in [6.45, 7) is 5.23. The average molecular weight is 487 g/mol. The summed E-state index contributed by atoms with van der Waals surface area (Å²) < 4.78 is 26.4. The molecule has 0 spiro atoms. The first kappa shape index (κ1) is 25.5. The molecule has 190 valence electrons. The molecule has 6 nitrogen and oxygen atoms in total. The number of nitrogens with one attached hydrogen (secondary N) is 2. The summed E-state index contributed by atoms with van der Waals surface area (Å²) in [7, 11) is 0. The second-order valence-corrected chi connectivity index (χ2v) is 9.88. The van der Waals surface area contributed by atoms with E-state index >= 15 is 0 Å². The number of hydrogen-bond donors (Lipinski definition) is 3. The second kappa shape index (κ2) is 12.4. The molecular formula is C27H36F2N4O2. The number of hydrogen-bond acceptors (Lipinski definition) is 4. The first-order valence-corrected chi connectivity index (χ1v) is 12.6. The molecule has 2 amide bonds. The standard InChI is InChI=1S/C27H36F2N4O2/c28-23-5-3-20(4-6-23)16-21-2-1-12-33(17-21)18-22-11-13-32(14-15-34)19-26(22)31-27(35)30-25-9-7-24(29)8-10-25/h3-10,21-22,26,34H,1-2,11-19H2,(H2,30,31,35)/t21-,22-,26-/m0/s1. The van der Waals surface area contributed by atoms with Gasteiger partial charge in [-0.15, -0.1) is 0 Å². The van der Waals surface area contributed by atoms with Crippen molar-refractivity contribution in [1.29, 1.82) is 0 Å². The van der Waals surface area contributed by atoms with Gasteiger partial charge in [-0.1, -0.05) is 12.1 Å². The highest BCUT2D eigenvalue weighted by Gasteiger charge is 2.33. The molecule has 35 heavy (non-hydrogen) atoms. The maximum atomic E-state index is 13.3. The predicted molar refractivity (Wildman–Crippen MR) is 133 cm³/mol. The highest BCUT2D eigenvalue weighted by atomic mass is 19.1. The van der Waals surface area contributed by atoms with E-state index in [-0.39, 0.29) is 30.3 Å². The van der Waals surface area contributed by atoms with Gasteiger partial charge in [0, 0.05) is 37.9 Å². The monoisotopic (exact) mass is 486 g/mol. The molecule has 0 aliphatic carbocycles. The van der Waals surface area contributed by atoms with Gasteiger partial charge in [-0.3, -0.25) is 4.90 Å². The van der Waals surface area contributed by atoms with Gasteiger partial charge in [-0.2, -0.15) is 0 Å². The van der Waals surface area contributed by atoms with Gasteiger partial charge in [-0.25, -0.2) is 13.6 Å². The molecule has 2 heterocycles. The zero-order chi connectivity index (χ0) is 24.6. The number of amides is 2. The van der Waals surface area contributed by atoms with Gasteiger partial charge in [0.25, 0.3) is 0 Å². The lowest BCUT2D eigenvalue weighted by Gasteiger charge is -2.42. The number of likely N-dealkylation sites (tertiary alicyclic amines) is 2. The van der Waals surface area contributed by atoms with Crippen LogP contribution < -0.4 is 10.6 Å². The Morgan fingerprint density at radius 2 is 1.66 bits per heavy atom. The summed E-state index contributed by atoms with van der Waals surface area (Å²) in [6, 6.07) is 12.2. The molecule has 3 atom stereocenters. The van der Waals surface area contributed by atoms with E-state index in [1.807, 2.05) is 12.1 Å². The Labute approximate surface area is 206 Å². The fourth-order valence-electron chi connectivity index (χ4n) is 5.43. The second-order valence-electron chi connectivity index (χ2n) is 9.88. The molecule has 2 fully saturated rings. The smallest absolute Gasteiger partial charge is 0.319 e. The molecule has 2 aromatic rings. The van der Waals surface area contributed by atoms with E-state index < -0.39 is 0 Å². The third kappa shape index (κ3) is 7.72. The first-order valence-electron chi connectivity index (χ1n) is 12.6. The van der Waals surface area contributed by atoms with Crippen LogP contribution in [0.4, 0.5) is 19.3 Å². The zero-order valence-electron chi connectivity index (χ0n) is 20.1. The molecule has 4 rings (SSSR count). The largest absolute Gasteiger partial charge is 0.395 e. The number of halogens is 2. The lowest BCUT2D eigenvalue weighted by molar-refractivity contribution is 0.0814. The molecule has 0 saturated carbocycles. The summed E-state index contributed by atoms with van der Waals surface area (Å²) in [4.78, 5) is 17.4. The van der Waals surface area contributed by atoms with Crippen LogP contribution in [-0.2, 0) is 6.42 Å². The Hall–Kier alpha value is -2.55. The number of carbonyl (C=O) groups excluding carboxylic acids is 1. The molecule has 0 radical (unpaired) electrons. The molecule has 2 saturated heterocycles. The number of nitrogens with zero attached hydrogens (tertiary/aromatic N) is 2. The van der Waals surface area contributed by atoms with Crippen molar-refractivity contribution in [1.82, 2.24) is 15.1 Å². The average Bonchev–Trinajstić information content (AvgIpc) is 2.84. The fourth-order valence-corrected chi connectivity index (χ4v) is 5.43. The van der Waals surface area contributed by atoms with Gasteiger partial charge in [0.15, 0.2) is 0 Å². The van der Waals surface area contributed by atoms with E-state index in [0.717, 1.165) is 45.4 Å². The van der Waals surface area contributed by atoms with Crippen LogP contribution in [0.3, 0.4) is 0 Å². The minimum atomic E-state index is -0.345. The fraction of sp³-hybridized carbons (Fsp3) is 0.519. The third-order valence-corrected chi connectivity index (χ3v) is 7.21. The minimum Gasteiger partial charge on any atom is -0.395 e. The van der Waals surface area contributed by atoms with Crippen molar-refractivity contribution in [3.05, 3.63) is 65.7 Å².